The third kappa shape index (κ3) is 1.95. The van der Waals surface area contributed by atoms with E-state index in [0.29, 0.717) is 6.42 Å². The highest BCUT2D eigenvalue weighted by molar-refractivity contribution is 5.95. The molecule has 2 fully saturated rings. The van der Waals surface area contributed by atoms with Crippen molar-refractivity contribution in [2.45, 2.75) is 30.8 Å². The van der Waals surface area contributed by atoms with E-state index in [1.807, 2.05) is 11.9 Å². The van der Waals surface area contributed by atoms with E-state index in [9.17, 15) is 9.59 Å². The standard InChI is InChI=1S/C12H19N3O2/c1-3-8-7-12(8,11(13)17)14-10(16)9-5-4-6-15(9)2/h3,8-9H,1,4-7H2,2H3,(H2,13,17)(H,14,16)/t8-,9+,12-/m1/s1. The quantitative estimate of drug-likeness (QED) is 0.655. The number of carbonyl (C=O) groups is 2. The normalized spacial score (nSPS) is 36.5. The fourth-order valence-electron chi connectivity index (χ4n) is 2.61. The first-order valence-electron chi connectivity index (χ1n) is 5.96. The number of nitrogens with zero attached hydrogens (tertiary/aromatic N) is 1. The second-order valence-corrected chi connectivity index (χ2v) is 5.01. The molecule has 2 aliphatic rings. The van der Waals surface area contributed by atoms with Gasteiger partial charge in [-0.3, -0.25) is 14.5 Å². The lowest BCUT2D eigenvalue weighted by Crippen LogP contribution is -2.53. The molecule has 2 rings (SSSR count). The Bertz CT molecular complexity index is 369. The second-order valence-electron chi connectivity index (χ2n) is 5.01. The molecule has 0 unspecified atom stereocenters. The minimum atomic E-state index is -0.873. The van der Waals surface area contributed by atoms with Gasteiger partial charge in [0.05, 0.1) is 6.04 Å². The second kappa shape index (κ2) is 4.14. The first-order chi connectivity index (χ1) is 8.01. The topological polar surface area (TPSA) is 75.4 Å². The van der Waals surface area contributed by atoms with E-state index in [2.05, 4.69) is 11.9 Å². The zero-order valence-electron chi connectivity index (χ0n) is 10.1. The molecule has 0 spiro atoms. The summed E-state index contributed by atoms with van der Waals surface area (Å²) in [5.41, 5.74) is 4.49. The van der Waals surface area contributed by atoms with Gasteiger partial charge in [0.1, 0.15) is 5.54 Å². The van der Waals surface area contributed by atoms with Crippen LogP contribution in [-0.4, -0.2) is 41.9 Å². The molecule has 94 valence electrons. The van der Waals surface area contributed by atoms with Crippen LogP contribution in [0.3, 0.4) is 0 Å². The Balaban J connectivity index is 2.03. The van der Waals surface area contributed by atoms with Crippen LogP contribution in [0.15, 0.2) is 12.7 Å². The van der Waals surface area contributed by atoms with E-state index in [1.165, 1.54) is 0 Å². The Morgan fingerprint density at radius 3 is 2.71 bits per heavy atom. The number of likely N-dealkylation sites (tertiary alicyclic amines) is 1. The predicted octanol–water partition coefficient (Wildman–Crippen LogP) is -0.373. The Morgan fingerprint density at radius 1 is 1.59 bits per heavy atom. The summed E-state index contributed by atoms with van der Waals surface area (Å²) in [6, 6.07) is -0.128. The Morgan fingerprint density at radius 2 is 2.29 bits per heavy atom. The largest absolute Gasteiger partial charge is 0.368 e. The highest BCUT2D eigenvalue weighted by atomic mass is 16.2. The van der Waals surface area contributed by atoms with Gasteiger partial charge < -0.3 is 11.1 Å². The number of nitrogens with one attached hydrogen (secondary N) is 1. The summed E-state index contributed by atoms with van der Waals surface area (Å²) in [4.78, 5) is 25.5. The molecule has 3 N–H and O–H groups in total. The first-order valence-corrected chi connectivity index (χ1v) is 5.96. The fourth-order valence-corrected chi connectivity index (χ4v) is 2.61. The molecular weight excluding hydrogens is 218 g/mol. The van der Waals surface area contributed by atoms with Crippen LogP contribution in [0.1, 0.15) is 19.3 Å². The monoisotopic (exact) mass is 237 g/mol. The molecule has 17 heavy (non-hydrogen) atoms. The zero-order valence-corrected chi connectivity index (χ0v) is 10.1. The minimum Gasteiger partial charge on any atom is -0.368 e. The summed E-state index contributed by atoms with van der Waals surface area (Å²) >= 11 is 0. The van der Waals surface area contributed by atoms with Crippen molar-refractivity contribution in [3.63, 3.8) is 0 Å². The smallest absolute Gasteiger partial charge is 0.243 e. The summed E-state index contributed by atoms with van der Waals surface area (Å²) in [5, 5.41) is 2.81. The Labute approximate surface area is 101 Å². The van der Waals surface area contributed by atoms with Gasteiger partial charge in [-0.15, -0.1) is 6.58 Å². The van der Waals surface area contributed by atoms with Crippen LogP contribution in [0.25, 0.3) is 0 Å². The number of hydrogen-bond donors (Lipinski definition) is 2. The molecule has 1 heterocycles. The van der Waals surface area contributed by atoms with Gasteiger partial charge in [0, 0.05) is 5.92 Å². The van der Waals surface area contributed by atoms with Gasteiger partial charge >= 0.3 is 0 Å². The average Bonchev–Trinajstić information content (AvgIpc) is 2.83. The van der Waals surface area contributed by atoms with Crippen molar-refractivity contribution in [2.24, 2.45) is 11.7 Å². The highest BCUT2D eigenvalue weighted by Gasteiger charge is 2.59. The van der Waals surface area contributed by atoms with E-state index < -0.39 is 11.4 Å². The molecule has 0 aromatic carbocycles. The molecule has 3 atom stereocenters. The molecule has 1 saturated heterocycles. The Kier molecular flexibility index (Phi) is 2.95. The van der Waals surface area contributed by atoms with Crippen LogP contribution in [0.5, 0.6) is 0 Å². The van der Waals surface area contributed by atoms with Crippen LogP contribution < -0.4 is 11.1 Å². The van der Waals surface area contributed by atoms with Crippen LogP contribution in [0.4, 0.5) is 0 Å². The highest BCUT2D eigenvalue weighted by Crippen LogP contribution is 2.44. The van der Waals surface area contributed by atoms with Crippen LogP contribution in [-0.2, 0) is 9.59 Å². The van der Waals surface area contributed by atoms with Crippen molar-refractivity contribution in [2.75, 3.05) is 13.6 Å². The summed E-state index contributed by atoms with van der Waals surface area (Å²) < 4.78 is 0. The van der Waals surface area contributed by atoms with E-state index in [4.69, 9.17) is 5.73 Å². The van der Waals surface area contributed by atoms with E-state index >= 15 is 0 Å². The van der Waals surface area contributed by atoms with E-state index in [0.717, 1.165) is 19.4 Å². The molecule has 0 aromatic heterocycles. The van der Waals surface area contributed by atoms with Gasteiger partial charge in [-0.25, -0.2) is 0 Å². The van der Waals surface area contributed by atoms with Crippen LogP contribution in [0, 0.1) is 5.92 Å². The molecule has 1 saturated carbocycles. The summed E-state index contributed by atoms with van der Waals surface area (Å²) in [7, 11) is 1.92. The van der Waals surface area contributed by atoms with Crippen molar-refractivity contribution in [1.29, 1.82) is 0 Å². The molecule has 5 nitrogen and oxygen atoms in total. The number of hydrogen-bond acceptors (Lipinski definition) is 3. The zero-order chi connectivity index (χ0) is 12.6. The molecule has 5 heteroatoms. The lowest BCUT2D eigenvalue weighted by Gasteiger charge is -2.22. The van der Waals surface area contributed by atoms with Crippen molar-refractivity contribution >= 4 is 11.8 Å². The van der Waals surface area contributed by atoms with E-state index in [-0.39, 0.29) is 17.9 Å². The SMILES string of the molecule is C=C[C@@H]1C[C@]1(NC(=O)[C@@H]1CCCN1C)C(N)=O. The Hall–Kier alpha value is -1.36. The number of amides is 2. The van der Waals surface area contributed by atoms with Crippen molar-refractivity contribution in [3.8, 4) is 0 Å². The lowest BCUT2D eigenvalue weighted by atomic mass is 10.1. The number of carbonyl (C=O) groups excluding carboxylic acids is 2. The first kappa shape index (κ1) is 12.1. The van der Waals surface area contributed by atoms with Gasteiger partial charge in [-0.05, 0) is 32.9 Å². The maximum atomic E-state index is 12.1. The molecule has 2 amide bonds. The van der Waals surface area contributed by atoms with Crippen molar-refractivity contribution < 1.29 is 9.59 Å². The van der Waals surface area contributed by atoms with Gasteiger partial charge in [0.2, 0.25) is 11.8 Å². The molecule has 0 bridgehead atoms. The number of rotatable bonds is 4. The maximum absolute atomic E-state index is 12.1. The van der Waals surface area contributed by atoms with E-state index in [1.54, 1.807) is 6.08 Å². The predicted molar refractivity (Wildman–Crippen MR) is 64.0 cm³/mol. The third-order valence-electron chi connectivity index (χ3n) is 3.91. The third-order valence-corrected chi connectivity index (χ3v) is 3.91. The van der Waals surface area contributed by atoms with Gasteiger partial charge in [-0.2, -0.15) is 0 Å². The maximum Gasteiger partial charge on any atom is 0.243 e. The van der Waals surface area contributed by atoms with Crippen molar-refractivity contribution in [1.82, 2.24) is 10.2 Å². The molecule has 1 aliphatic carbocycles. The van der Waals surface area contributed by atoms with Gasteiger partial charge in [0.15, 0.2) is 0 Å². The molecule has 1 aliphatic heterocycles. The average molecular weight is 237 g/mol. The molecular formula is C12H19N3O2. The van der Waals surface area contributed by atoms with Crippen LogP contribution in [0.2, 0.25) is 0 Å². The van der Waals surface area contributed by atoms with Gasteiger partial charge in [-0.1, -0.05) is 6.08 Å². The molecule has 0 aromatic rings. The number of nitrogens with two attached hydrogens (primary N) is 1. The van der Waals surface area contributed by atoms with Crippen LogP contribution >= 0.6 is 0 Å². The van der Waals surface area contributed by atoms with Crippen molar-refractivity contribution in [3.05, 3.63) is 12.7 Å². The molecule has 0 radical (unpaired) electrons. The number of primary amides is 1. The summed E-state index contributed by atoms with van der Waals surface area (Å²) in [5.74, 6) is -0.569. The summed E-state index contributed by atoms with van der Waals surface area (Å²) in [6.07, 6.45) is 4.12. The minimum absolute atomic E-state index is 0.0179. The van der Waals surface area contributed by atoms with Gasteiger partial charge in [0.25, 0.3) is 0 Å². The fraction of sp³-hybridized carbons (Fsp3) is 0.667. The number of likely N-dealkylation sites (N-methyl/N-ethyl adjacent to an activating group) is 1. The lowest BCUT2D eigenvalue weighted by molar-refractivity contribution is -0.131. The summed E-state index contributed by atoms with van der Waals surface area (Å²) in [6.45, 7) is 4.57.